The molecule has 2 N–H and O–H groups in total. The lowest BCUT2D eigenvalue weighted by atomic mass is 9.84. The first kappa shape index (κ1) is 21.5. The lowest BCUT2D eigenvalue weighted by molar-refractivity contribution is -0.141. The van der Waals surface area contributed by atoms with Crippen LogP contribution in [0.15, 0.2) is 10.4 Å². The van der Waals surface area contributed by atoms with Gasteiger partial charge in [0.05, 0.1) is 10.4 Å². The molecular weight excluding hydrogens is 379 g/mol. The number of aromatic nitrogens is 1. The first-order valence-corrected chi connectivity index (χ1v) is 9.74. The molecule has 0 aliphatic heterocycles. The van der Waals surface area contributed by atoms with Crippen LogP contribution < -0.4 is 10.6 Å². The van der Waals surface area contributed by atoms with Gasteiger partial charge in [-0.25, -0.2) is 4.98 Å². The summed E-state index contributed by atoms with van der Waals surface area (Å²) in [6.07, 6.45) is -0.310. The molecule has 0 bridgehead atoms. The average molecular weight is 405 g/mol. The van der Waals surface area contributed by atoms with Gasteiger partial charge in [0, 0.05) is 46.0 Å². The molecule has 152 valence electrons. The van der Waals surface area contributed by atoms with Gasteiger partial charge < -0.3 is 15.5 Å². The van der Waals surface area contributed by atoms with Crippen LogP contribution in [0, 0.1) is 5.41 Å². The maximum absolute atomic E-state index is 12.6. The second-order valence-corrected chi connectivity index (χ2v) is 7.86. The number of carbonyl (C=O) groups is 1. The van der Waals surface area contributed by atoms with Crippen molar-refractivity contribution in [3.8, 4) is 0 Å². The smallest absolute Gasteiger partial charge is 0.356 e. The predicted molar refractivity (Wildman–Crippen MR) is 99.8 cm³/mol. The zero-order chi connectivity index (χ0) is 20.1. The van der Waals surface area contributed by atoms with Gasteiger partial charge in [-0.2, -0.15) is 13.2 Å². The molecule has 1 heterocycles. The van der Waals surface area contributed by atoms with E-state index in [1.807, 2.05) is 0 Å². The molecule has 0 unspecified atom stereocenters. The van der Waals surface area contributed by atoms with E-state index in [1.54, 1.807) is 26.0 Å². The topological polar surface area (TPSA) is 69.6 Å². The summed E-state index contributed by atoms with van der Waals surface area (Å²) >= 11 is 0.994. The number of carbonyl (C=O) groups excluding carboxylic acids is 1. The predicted octanol–water partition coefficient (Wildman–Crippen LogP) is 2.52. The van der Waals surface area contributed by atoms with E-state index in [0.717, 1.165) is 42.4 Å². The third-order valence-electron chi connectivity index (χ3n) is 4.71. The Bertz CT molecular complexity index is 666. The first-order chi connectivity index (χ1) is 12.7. The van der Waals surface area contributed by atoms with Gasteiger partial charge in [-0.3, -0.25) is 9.79 Å². The Labute approximate surface area is 161 Å². The van der Waals surface area contributed by atoms with E-state index < -0.39 is 17.3 Å². The molecule has 1 aliphatic rings. The average Bonchev–Trinajstić information content (AvgIpc) is 3.27. The molecule has 1 aromatic heterocycles. The molecule has 0 radical (unpaired) electrons. The zero-order valence-electron chi connectivity index (χ0n) is 15.8. The highest BCUT2D eigenvalue weighted by Crippen LogP contribution is 2.38. The summed E-state index contributed by atoms with van der Waals surface area (Å²) in [5, 5.41) is 7.72. The molecule has 2 rings (SSSR count). The monoisotopic (exact) mass is 405 g/mol. The summed E-state index contributed by atoms with van der Waals surface area (Å²) in [5.41, 5.74) is -1.27. The summed E-state index contributed by atoms with van der Waals surface area (Å²) < 4.78 is 37.7. The van der Waals surface area contributed by atoms with Crippen molar-refractivity contribution in [2.24, 2.45) is 10.4 Å². The second-order valence-electron chi connectivity index (χ2n) is 6.91. The number of alkyl halides is 3. The van der Waals surface area contributed by atoms with Gasteiger partial charge in [-0.15, -0.1) is 11.3 Å². The van der Waals surface area contributed by atoms with Crippen LogP contribution in [-0.4, -0.2) is 56.0 Å². The molecule has 0 saturated heterocycles. The molecule has 1 fully saturated rings. The summed E-state index contributed by atoms with van der Waals surface area (Å²) in [7, 11) is 5.15. The number of nitrogens with one attached hydrogen (secondary N) is 2. The Balaban J connectivity index is 1.85. The van der Waals surface area contributed by atoms with Crippen LogP contribution in [0.25, 0.3) is 0 Å². The number of nitrogens with zero attached hydrogens (tertiary/aromatic N) is 3. The third kappa shape index (κ3) is 5.57. The summed E-state index contributed by atoms with van der Waals surface area (Å²) in [6.45, 7) is 0.887. The number of hydrogen-bond donors (Lipinski definition) is 2. The molecule has 1 aromatic rings. The molecule has 1 aliphatic carbocycles. The van der Waals surface area contributed by atoms with E-state index >= 15 is 0 Å². The molecule has 0 aromatic carbocycles. The number of amides is 1. The fourth-order valence-electron chi connectivity index (χ4n) is 3.31. The minimum absolute atomic E-state index is 0.116. The van der Waals surface area contributed by atoms with Crippen LogP contribution >= 0.6 is 11.3 Å². The minimum Gasteiger partial charge on any atom is -0.356 e. The van der Waals surface area contributed by atoms with Gasteiger partial charge in [-0.1, -0.05) is 12.8 Å². The number of guanidine groups is 1. The number of aliphatic imine (C=N–C) groups is 1. The lowest BCUT2D eigenvalue weighted by Gasteiger charge is -2.31. The summed E-state index contributed by atoms with van der Waals surface area (Å²) in [5.74, 6) is 0.644. The molecule has 1 saturated carbocycles. The van der Waals surface area contributed by atoms with Gasteiger partial charge in [0.2, 0.25) is 5.91 Å². The van der Waals surface area contributed by atoms with Crippen molar-refractivity contribution in [1.29, 1.82) is 0 Å². The zero-order valence-corrected chi connectivity index (χ0v) is 16.6. The Morgan fingerprint density at radius 1 is 1.33 bits per heavy atom. The molecule has 10 heteroatoms. The molecule has 0 atom stereocenters. The van der Waals surface area contributed by atoms with Crippen LogP contribution in [0.1, 0.15) is 36.4 Å². The highest BCUT2D eigenvalue weighted by molar-refractivity contribution is 7.09. The summed E-state index contributed by atoms with van der Waals surface area (Å²) in [6, 6.07) is 0. The van der Waals surface area contributed by atoms with Crippen molar-refractivity contribution < 1.29 is 18.0 Å². The van der Waals surface area contributed by atoms with Gasteiger partial charge in [0.25, 0.3) is 0 Å². The van der Waals surface area contributed by atoms with Gasteiger partial charge in [0.15, 0.2) is 11.7 Å². The van der Waals surface area contributed by atoms with Crippen molar-refractivity contribution in [2.45, 2.75) is 38.3 Å². The normalized spacial score (nSPS) is 17.0. The van der Waals surface area contributed by atoms with Crippen molar-refractivity contribution in [2.75, 3.05) is 34.2 Å². The maximum Gasteiger partial charge on any atom is 0.434 e. The number of thiazole rings is 1. The highest BCUT2D eigenvalue weighted by atomic mass is 32.1. The van der Waals surface area contributed by atoms with E-state index in [2.05, 4.69) is 20.6 Å². The largest absolute Gasteiger partial charge is 0.434 e. The number of hydrogen-bond acceptors (Lipinski definition) is 4. The van der Waals surface area contributed by atoms with Crippen molar-refractivity contribution in [1.82, 2.24) is 20.5 Å². The van der Waals surface area contributed by atoms with E-state index in [4.69, 9.17) is 0 Å². The van der Waals surface area contributed by atoms with Gasteiger partial charge in [-0.05, 0) is 12.8 Å². The number of halogens is 3. The summed E-state index contributed by atoms with van der Waals surface area (Å²) in [4.78, 5) is 21.9. The standard InChI is InChI=1S/C17H26F3N5OS/c1-21-15(22-9-6-13-24-12(10-27-13)17(18,19)20)23-11-16(7-4-5-8-16)14(26)25(2)3/h10H,4-9,11H2,1-3H3,(H2,21,22,23). The van der Waals surface area contributed by atoms with Crippen molar-refractivity contribution >= 4 is 23.2 Å². The third-order valence-corrected chi connectivity index (χ3v) is 5.62. The minimum atomic E-state index is -4.41. The Morgan fingerprint density at radius 3 is 2.52 bits per heavy atom. The quantitative estimate of drug-likeness (QED) is 0.564. The van der Waals surface area contributed by atoms with Crippen LogP contribution in [-0.2, 0) is 17.4 Å². The van der Waals surface area contributed by atoms with Crippen molar-refractivity contribution in [3.05, 3.63) is 16.1 Å². The number of rotatable bonds is 6. The lowest BCUT2D eigenvalue weighted by Crippen LogP contribution is -2.49. The molecule has 0 spiro atoms. The highest BCUT2D eigenvalue weighted by Gasteiger charge is 2.42. The molecular formula is C17H26F3N5OS. The Hall–Kier alpha value is -1.84. The molecule has 6 nitrogen and oxygen atoms in total. The van der Waals surface area contributed by atoms with E-state index in [9.17, 15) is 18.0 Å². The molecule has 1 amide bonds. The Morgan fingerprint density at radius 2 is 2.00 bits per heavy atom. The van der Waals surface area contributed by atoms with Crippen LogP contribution in [0.4, 0.5) is 13.2 Å². The molecule has 27 heavy (non-hydrogen) atoms. The van der Waals surface area contributed by atoms with Gasteiger partial charge >= 0.3 is 6.18 Å². The van der Waals surface area contributed by atoms with Gasteiger partial charge in [0.1, 0.15) is 0 Å². The van der Waals surface area contributed by atoms with Crippen LogP contribution in [0.3, 0.4) is 0 Å². The first-order valence-electron chi connectivity index (χ1n) is 8.86. The van der Waals surface area contributed by atoms with E-state index in [0.29, 0.717) is 30.5 Å². The maximum atomic E-state index is 12.6. The van der Waals surface area contributed by atoms with E-state index in [1.165, 1.54) is 0 Å². The van der Waals surface area contributed by atoms with Crippen LogP contribution in [0.5, 0.6) is 0 Å². The fourth-order valence-corrected chi connectivity index (χ4v) is 4.11. The Kier molecular flexibility index (Phi) is 7.07. The van der Waals surface area contributed by atoms with Crippen molar-refractivity contribution in [3.63, 3.8) is 0 Å². The van der Waals surface area contributed by atoms with E-state index in [-0.39, 0.29) is 5.91 Å². The van der Waals surface area contributed by atoms with Crippen LogP contribution in [0.2, 0.25) is 0 Å². The fraction of sp³-hybridized carbons (Fsp3) is 0.706. The SMILES string of the molecule is CN=C(NCCc1nc(C(F)(F)F)cs1)NCC1(C(=O)N(C)C)CCCC1. The second kappa shape index (κ2) is 8.90.